The van der Waals surface area contributed by atoms with Gasteiger partial charge in [-0.1, -0.05) is 12.1 Å². The fraction of sp³-hybridized carbons (Fsp3) is 0.278. The maximum atomic E-state index is 13.2. The molecule has 3 heterocycles. The number of aromatic amines is 1. The Morgan fingerprint density at radius 2 is 2.21 bits per heavy atom. The second-order valence-corrected chi connectivity index (χ2v) is 5.92. The third-order valence-corrected chi connectivity index (χ3v) is 4.30. The van der Waals surface area contributed by atoms with Gasteiger partial charge in [-0.2, -0.15) is 0 Å². The maximum absolute atomic E-state index is 13.2. The number of ether oxygens (including phenoxy) is 1. The number of imidazole rings is 1. The Hall–Kier alpha value is -2.73. The summed E-state index contributed by atoms with van der Waals surface area (Å²) < 4.78 is 5.58. The van der Waals surface area contributed by atoms with E-state index in [0.717, 1.165) is 22.4 Å². The van der Waals surface area contributed by atoms with Gasteiger partial charge in [0.1, 0.15) is 11.9 Å². The zero-order valence-electron chi connectivity index (χ0n) is 13.4. The lowest BCUT2D eigenvalue weighted by molar-refractivity contribution is -0.00490. The number of pyridine rings is 1. The Morgan fingerprint density at radius 3 is 3.04 bits per heavy atom. The lowest BCUT2D eigenvalue weighted by atomic mass is 10.1. The first-order valence-electron chi connectivity index (χ1n) is 7.98. The summed E-state index contributed by atoms with van der Waals surface area (Å²) in [6, 6.07) is 9.22. The first-order valence-corrected chi connectivity index (χ1v) is 7.98. The summed E-state index contributed by atoms with van der Waals surface area (Å²) in [5.41, 5.74) is 2.45. The minimum Gasteiger partial charge on any atom is -0.377 e. The zero-order valence-corrected chi connectivity index (χ0v) is 13.4. The van der Waals surface area contributed by atoms with Crippen molar-refractivity contribution in [3.63, 3.8) is 0 Å². The van der Waals surface area contributed by atoms with Crippen LogP contribution < -0.4 is 0 Å². The molecule has 1 unspecified atom stereocenters. The number of nitrogens with zero attached hydrogens (tertiary/aromatic N) is 3. The van der Waals surface area contributed by atoms with E-state index in [1.54, 1.807) is 12.4 Å². The summed E-state index contributed by atoms with van der Waals surface area (Å²) in [5.74, 6) is 0.745. The number of carbonyl (C=O) groups excluding carboxylic acids is 1. The normalized spacial score (nSPS) is 18.0. The number of aryl methyl sites for hydroxylation is 1. The van der Waals surface area contributed by atoms with Gasteiger partial charge >= 0.3 is 0 Å². The lowest BCUT2D eigenvalue weighted by Gasteiger charge is -2.34. The molecule has 0 radical (unpaired) electrons. The Labute approximate surface area is 139 Å². The van der Waals surface area contributed by atoms with Crippen LogP contribution in [-0.4, -0.2) is 45.5 Å². The highest BCUT2D eigenvalue weighted by molar-refractivity contribution is 6.06. The predicted octanol–water partition coefficient (Wildman–Crippen LogP) is 2.48. The number of fused-ring (bicyclic) bond motifs is 1. The van der Waals surface area contributed by atoms with Crippen molar-refractivity contribution in [3.8, 4) is 0 Å². The van der Waals surface area contributed by atoms with Crippen LogP contribution in [0.1, 0.15) is 27.9 Å². The van der Waals surface area contributed by atoms with Crippen LogP contribution in [0.25, 0.3) is 10.9 Å². The van der Waals surface area contributed by atoms with Gasteiger partial charge in [0.15, 0.2) is 0 Å². The molecule has 1 saturated heterocycles. The van der Waals surface area contributed by atoms with E-state index < -0.39 is 0 Å². The third-order valence-electron chi connectivity index (χ3n) is 4.30. The number of hydrogen-bond acceptors (Lipinski definition) is 4. The van der Waals surface area contributed by atoms with E-state index in [1.807, 2.05) is 42.2 Å². The summed E-state index contributed by atoms with van der Waals surface area (Å²) >= 11 is 0. The Kier molecular flexibility index (Phi) is 3.74. The number of aromatic nitrogens is 3. The molecule has 0 aliphatic carbocycles. The van der Waals surface area contributed by atoms with Crippen molar-refractivity contribution in [1.82, 2.24) is 19.9 Å². The molecule has 1 amide bonds. The molecule has 1 fully saturated rings. The SMILES string of the molecule is Cc1cnc(C2COCCN2C(=O)c2cccc3ncccc23)[nH]1. The highest BCUT2D eigenvalue weighted by Crippen LogP contribution is 2.26. The smallest absolute Gasteiger partial charge is 0.255 e. The molecule has 1 N–H and O–H groups in total. The van der Waals surface area contributed by atoms with Gasteiger partial charge in [0, 0.05) is 35.6 Å². The van der Waals surface area contributed by atoms with Crippen LogP contribution in [0.4, 0.5) is 0 Å². The van der Waals surface area contributed by atoms with Crippen molar-refractivity contribution >= 4 is 16.8 Å². The molecule has 1 aliphatic heterocycles. The Morgan fingerprint density at radius 1 is 1.29 bits per heavy atom. The van der Waals surface area contributed by atoms with Crippen LogP contribution >= 0.6 is 0 Å². The van der Waals surface area contributed by atoms with Crippen molar-refractivity contribution < 1.29 is 9.53 Å². The number of amides is 1. The van der Waals surface area contributed by atoms with Gasteiger partial charge in [-0.05, 0) is 25.1 Å². The topological polar surface area (TPSA) is 71.1 Å². The molecular formula is C18H18N4O2. The Balaban J connectivity index is 1.73. The van der Waals surface area contributed by atoms with Gasteiger partial charge in [-0.15, -0.1) is 0 Å². The number of rotatable bonds is 2. The number of carbonyl (C=O) groups is 1. The molecule has 2 aromatic heterocycles. The summed E-state index contributed by atoms with van der Waals surface area (Å²) in [7, 11) is 0. The number of hydrogen-bond donors (Lipinski definition) is 1. The fourth-order valence-electron chi connectivity index (χ4n) is 3.12. The zero-order chi connectivity index (χ0) is 16.5. The van der Waals surface area contributed by atoms with Crippen molar-refractivity contribution in [2.24, 2.45) is 0 Å². The maximum Gasteiger partial charge on any atom is 0.255 e. The molecule has 24 heavy (non-hydrogen) atoms. The van der Waals surface area contributed by atoms with E-state index in [9.17, 15) is 4.79 Å². The molecule has 0 spiro atoms. The molecule has 0 bridgehead atoms. The van der Waals surface area contributed by atoms with Gasteiger partial charge < -0.3 is 14.6 Å². The van der Waals surface area contributed by atoms with Crippen LogP contribution in [0.15, 0.2) is 42.7 Å². The molecule has 1 aromatic carbocycles. The van der Waals surface area contributed by atoms with E-state index in [0.29, 0.717) is 25.3 Å². The molecule has 0 saturated carbocycles. The van der Waals surface area contributed by atoms with Gasteiger partial charge in [0.25, 0.3) is 5.91 Å². The summed E-state index contributed by atoms with van der Waals surface area (Å²) in [5, 5.41) is 0.867. The highest BCUT2D eigenvalue weighted by atomic mass is 16.5. The molecule has 4 rings (SSSR count). The predicted molar refractivity (Wildman–Crippen MR) is 89.7 cm³/mol. The summed E-state index contributed by atoms with van der Waals surface area (Å²) in [6.07, 6.45) is 3.51. The molecule has 122 valence electrons. The highest BCUT2D eigenvalue weighted by Gasteiger charge is 2.31. The van der Waals surface area contributed by atoms with E-state index in [-0.39, 0.29) is 11.9 Å². The van der Waals surface area contributed by atoms with Crippen LogP contribution in [0.2, 0.25) is 0 Å². The lowest BCUT2D eigenvalue weighted by Crippen LogP contribution is -2.44. The largest absolute Gasteiger partial charge is 0.377 e. The van der Waals surface area contributed by atoms with Crippen molar-refractivity contribution in [3.05, 3.63) is 59.8 Å². The standard InChI is InChI=1S/C18H18N4O2/c1-12-10-20-17(21-12)16-11-24-9-8-22(16)18(23)14-4-2-6-15-13(14)5-3-7-19-15/h2-7,10,16H,8-9,11H2,1H3,(H,20,21). The molecular weight excluding hydrogens is 304 g/mol. The quantitative estimate of drug-likeness (QED) is 0.787. The van der Waals surface area contributed by atoms with Gasteiger partial charge in [-0.25, -0.2) is 4.98 Å². The van der Waals surface area contributed by atoms with Crippen molar-refractivity contribution in [1.29, 1.82) is 0 Å². The first-order chi connectivity index (χ1) is 11.7. The third kappa shape index (κ3) is 2.55. The van der Waals surface area contributed by atoms with Crippen molar-refractivity contribution in [2.75, 3.05) is 19.8 Å². The average molecular weight is 322 g/mol. The summed E-state index contributed by atoms with van der Waals surface area (Å²) in [4.78, 5) is 27.0. The van der Waals surface area contributed by atoms with Gasteiger partial charge in [0.2, 0.25) is 0 Å². The molecule has 1 aliphatic rings. The molecule has 6 heteroatoms. The van der Waals surface area contributed by atoms with E-state index in [1.165, 1.54) is 0 Å². The first kappa shape index (κ1) is 14.8. The number of H-pyrrole nitrogens is 1. The summed E-state index contributed by atoms with van der Waals surface area (Å²) in [6.45, 7) is 3.47. The Bertz CT molecular complexity index is 884. The molecule has 3 aromatic rings. The monoisotopic (exact) mass is 322 g/mol. The number of nitrogens with one attached hydrogen (secondary N) is 1. The second-order valence-electron chi connectivity index (χ2n) is 5.92. The van der Waals surface area contributed by atoms with Gasteiger partial charge in [0.05, 0.1) is 18.7 Å². The van der Waals surface area contributed by atoms with Crippen LogP contribution in [0.3, 0.4) is 0 Å². The minimum atomic E-state index is -0.202. The minimum absolute atomic E-state index is 0.0176. The number of benzene rings is 1. The van der Waals surface area contributed by atoms with Crippen molar-refractivity contribution in [2.45, 2.75) is 13.0 Å². The van der Waals surface area contributed by atoms with Gasteiger partial charge in [-0.3, -0.25) is 9.78 Å². The molecule has 1 atom stereocenters. The average Bonchev–Trinajstić information content (AvgIpc) is 3.07. The fourth-order valence-corrected chi connectivity index (χ4v) is 3.12. The van der Waals surface area contributed by atoms with E-state index in [4.69, 9.17) is 4.74 Å². The van der Waals surface area contributed by atoms with Crippen LogP contribution in [0.5, 0.6) is 0 Å². The number of morpholine rings is 1. The second kappa shape index (κ2) is 6.05. The van der Waals surface area contributed by atoms with E-state index in [2.05, 4.69) is 15.0 Å². The van der Waals surface area contributed by atoms with E-state index >= 15 is 0 Å². The molecule has 6 nitrogen and oxygen atoms in total. The van der Waals surface area contributed by atoms with Crippen LogP contribution in [0, 0.1) is 6.92 Å². The van der Waals surface area contributed by atoms with Crippen LogP contribution in [-0.2, 0) is 4.74 Å².